The molecule has 0 aliphatic rings. The van der Waals surface area contributed by atoms with Crippen molar-refractivity contribution in [2.45, 2.75) is 45.7 Å². The number of benzene rings is 3. The molecule has 0 radical (unpaired) electrons. The fourth-order valence-electron chi connectivity index (χ4n) is 4.38. The van der Waals surface area contributed by atoms with Crippen LogP contribution in [-0.2, 0) is 32.6 Å². The van der Waals surface area contributed by atoms with Crippen molar-refractivity contribution < 1.29 is 22.7 Å². The van der Waals surface area contributed by atoms with Gasteiger partial charge in [-0.3, -0.25) is 13.9 Å². The van der Waals surface area contributed by atoms with Crippen molar-refractivity contribution in [1.82, 2.24) is 10.2 Å². The van der Waals surface area contributed by atoms with E-state index < -0.39 is 28.5 Å². The van der Waals surface area contributed by atoms with E-state index in [9.17, 15) is 18.0 Å². The van der Waals surface area contributed by atoms with Crippen molar-refractivity contribution in [2.75, 3.05) is 30.3 Å². The summed E-state index contributed by atoms with van der Waals surface area (Å²) >= 11 is 0. The van der Waals surface area contributed by atoms with Crippen LogP contribution in [0.5, 0.6) is 5.75 Å². The lowest BCUT2D eigenvalue weighted by Crippen LogP contribution is -2.53. The number of anilines is 1. The fraction of sp³-hybridized carbons (Fsp3) is 0.355. The van der Waals surface area contributed by atoms with Gasteiger partial charge >= 0.3 is 0 Å². The molecule has 0 fully saturated rings. The Kier molecular flexibility index (Phi) is 11.6. The molecule has 8 nitrogen and oxygen atoms in total. The monoisotopic (exact) mass is 565 g/mol. The van der Waals surface area contributed by atoms with Crippen LogP contribution in [0.1, 0.15) is 37.8 Å². The summed E-state index contributed by atoms with van der Waals surface area (Å²) in [7, 11) is -3.88. The molecule has 3 rings (SSSR count). The number of sulfonamides is 1. The van der Waals surface area contributed by atoms with E-state index in [1.54, 1.807) is 31.2 Å². The number of ether oxygens (including phenoxy) is 1. The molecule has 2 amide bonds. The van der Waals surface area contributed by atoms with Crippen LogP contribution in [0.4, 0.5) is 5.69 Å². The number of unbranched alkanes of at least 4 members (excludes halogenated alkanes) is 1. The highest BCUT2D eigenvalue weighted by Gasteiger charge is 2.33. The van der Waals surface area contributed by atoms with Gasteiger partial charge in [0, 0.05) is 19.5 Å². The van der Waals surface area contributed by atoms with Gasteiger partial charge in [0.15, 0.2) is 0 Å². The van der Waals surface area contributed by atoms with Crippen LogP contribution >= 0.6 is 0 Å². The third-order valence-electron chi connectivity index (χ3n) is 6.41. The van der Waals surface area contributed by atoms with Crippen molar-refractivity contribution >= 4 is 27.5 Å². The first-order valence-corrected chi connectivity index (χ1v) is 15.4. The largest absolute Gasteiger partial charge is 0.492 e. The highest BCUT2D eigenvalue weighted by atomic mass is 32.2. The van der Waals surface area contributed by atoms with Crippen LogP contribution in [0, 0.1) is 0 Å². The minimum absolute atomic E-state index is 0.142. The van der Waals surface area contributed by atoms with Gasteiger partial charge in [-0.05, 0) is 36.6 Å². The predicted molar refractivity (Wildman–Crippen MR) is 159 cm³/mol. The molecule has 0 saturated heterocycles. The van der Waals surface area contributed by atoms with Gasteiger partial charge in [-0.15, -0.1) is 0 Å². The standard InChI is InChI=1S/C31H39N3O5S/c1-4-6-21-32-31(36)28(22-25-15-9-7-10-16-25)33(23-26-17-11-8-12-18-26)30(35)24-34(40(3,37)38)27-19-13-14-20-29(27)39-5-2/h7-20,28H,4-6,21-24H2,1-3H3,(H,32,36)/t28-/m1/s1. The van der Waals surface area contributed by atoms with Gasteiger partial charge in [-0.25, -0.2) is 8.42 Å². The second-order valence-electron chi connectivity index (χ2n) is 9.53. The minimum atomic E-state index is -3.88. The molecule has 1 atom stereocenters. The molecule has 3 aromatic carbocycles. The van der Waals surface area contributed by atoms with Crippen LogP contribution in [0.15, 0.2) is 84.9 Å². The summed E-state index contributed by atoms with van der Waals surface area (Å²) in [6, 6.07) is 24.8. The smallest absolute Gasteiger partial charge is 0.244 e. The van der Waals surface area contributed by atoms with E-state index in [0.717, 1.165) is 34.5 Å². The third kappa shape index (κ3) is 8.84. The van der Waals surface area contributed by atoms with Gasteiger partial charge in [0.05, 0.1) is 18.6 Å². The Balaban J connectivity index is 2.03. The number of rotatable bonds is 15. The molecule has 0 bridgehead atoms. The second kappa shape index (κ2) is 15.1. The zero-order valence-corrected chi connectivity index (χ0v) is 24.3. The average Bonchev–Trinajstić information content (AvgIpc) is 2.94. The Morgan fingerprint density at radius 1 is 0.875 bits per heavy atom. The van der Waals surface area contributed by atoms with Crippen molar-refractivity contribution in [3.05, 3.63) is 96.1 Å². The molecule has 9 heteroatoms. The fourth-order valence-corrected chi connectivity index (χ4v) is 5.23. The van der Waals surface area contributed by atoms with Crippen LogP contribution in [0.3, 0.4) is 0 Å². The van der Waals surface area contributed by atoms with Crippen LogP contribution in [0.2, 0.25) is 0 Å². The first kappa shape index (κ1) is 30.7. The topological polar surface area (TPSA) is 96.0 Å². The van der Waals surface area contributed by atoms with E-state index >= 15 is 0 Å². The van der Waals surface area contributed by atoms with Gasteiger partial charge < -0.3 is 15.0 Å². The molecule has 0 unspecified atom stereocenters. The summed E-state index contributed by atoms with van der Waals surface area (Å²) in [5.41, 5.74) is 1.99. The molecule has 214 valence electrons. The normalized spacial score (nSPS) is 11.9. The van der Waals surface area contributed by atoms with Crippen molar-refractivity contribution in [3.63, 3.8) is 0 Å². The number of nitrogens with zero attached hydrogens (tertiary/aromatic N) is 2. The highest BCUT2D eigenvalue weighted by molar-refractivity contribution is 7.92. The third-order valence-corrected chi connectivity index (χ3v) is 7.54. The highest BCUT2D eigenvalue weighted by Crippen LogP contribution is 2.30. The molecule has 0 heterocycles. The number of hydrogen-bond donors (Lipinski definition) is 1. The van der Waals surface area contributed by atoms with E-state index in [-0.39, 0.29) is 24.6 Å². The first-order valence-electron chi connectivity index (χ1n) is 13.6. The second-order valence-corrected chi connectivity index (χ2v) is 11.4. The molecule has 0 aromatic heterocycles. The maximum atomic E-state index is 14.1. The van der Waals surface area contributed by atoms with Crippen LogP contribution in [-0.4, -0.2) is 57.1 Å². The predicted octanol–water partition coefficient (Wildman–Crippen LogP) is 4.41. The Bertz CT molecular complexity index is 1330. The maximum Gasteiger partial charge on any atom is 0.244 e. The molecule has 40 heavy (non-hydrogen) atoms. The van der Waals surface area contributed by atoms with Crippen molar-refractivity contribution in [1.29, 1.82) is 0 Å². The molecule has 0 aliphatic heterocycles. The Hall–Kier alpha value is -3.85. The molecule has 0 aliphatic carbocycles. The number of para-hydroxylation sites is 2. The average molecular weight is 566 g/mol. The number of hydrogen-bond acceptors (Lipinski definition) is 5. The first-order chi connectivity index (χ1) is 19.2. The summed E-state index contributed by atoms with van der Waals surface area (Å²) in [5, 5.41) is 2.98. The summed E-state index contributed by atoms with van der Waals surface area (Å²) in [6.07, 6.45) is 3.07. The molecule has 0 spiro atoms. The SMILES string of the molecule is CCCCNC(=O)[C@@H](Cc1ccccc1)N(Cc1ccccc1)C(=O)CN(c1ccccc1OCC)S(C)(=O)=O. The summed E-state index contributed by atoms with van der Waals surface area (Å²) in [5.74, 6) is -0.412. The lowest BCUT2D eigenvalue weighted by atomic mass is 10.0. The lowest BCUT2D eigenvalue weighted by Gasteiger charge is -2.33. The van der Waals surface area contributed by atoms with Gasteiger partial charge in [0.25, 0.3) is 0 Å². The quantitative estimate of drug-likeness (QED) is 0.276. The summed E-state index contributed by atoms with van der Waals surface area (Å²) in [4.78, 5) is 29.2. The van der Waals surface area contributed by atoms with E-state index in [1.165, 1.54) is 4.90 Å². The Morgan fingerprint density at radius 2 is 1.48 bits per heavy atom. The minimum Gasteiger partial charge on any atom is -0.492 e. The van der Waals surface area contributed by atoms with Crippen molar-refractivity contribution in [3.8, 4) is 5.75 Å². The van der Waals surface area contributed by atoms with E-state index in [1.807, 2.05) is 67.6 Å². The number of carbonyl (C=O) groups is 2. The van der Waals surface area contributed by atoms with Gasteiger partial charge in [-0.2, -0.15) is 0 Å². The molecule has 0 saturated carbocycles. The van der Waals surface area contributed by atoms with Crippen molar-refractivity contribution in [2.24, 2.45) is 0 Å². The summed E-state index contributed by atoms with van der Waals surface area (Å²) in [6.45, 7) is 4.33. The zero-order chi connectivity index (χ0) is 29.0. The molecule has 3 aromatic rings. The zero-order valence-electron chi connectivity index (χ0n) is 23.5. The lowest BCUT2D eigenvalue weighted by molar-refractivity contribution is -0.140. The Labute approximate surface area is 238 Å². The number of carbonyl (C=O) groups excluding carboxylic acids is 2. The molecule has 1 N–H and O–H groups in total. The van der Waals surface area contributed by atoms with Gasteiger partial charge in [-0.1, -0.05) is 86.1 Å². The van der Waals surface area contributed by atoms with E-state index in [0.29, 0.717) is 18.9 Å². The number of nitrogens with one attached hydrogen (secondary N) is 1. The molecular formula is C31H39N3O5S. The van der Waals surface area contributed by atoms with Gasteiger partial charge in [0.2, 0.25) is 21.8 Å². The summed E-state index contributed by atoms with van der Waals surface area (Å²) < 4.78 is 32.7. The van der Waals surface area contributed by atoms with E-state index in [2.05, 4.69) is 5.32 Å². The Morgan fingerprint density at radius 3 is 2.08 bits per heavy atom. The maximum absolute atomic E-state index is 14.1. The van der Waals surface area contributed by atoms with E-state index in [4.69, 9.17) is 4.74 Å². The van der Waals surface area contributed by atoms with Crippen LogP contribution < -0.4 is 14.4 Å². The van der Waals surface area contributed by atoms with Gasteiger partial charge in [0.1, 0.15) is 18.3 Å². The van der Waals surface area contributed by atoms with Crippen LogP contribution in [0.25, 0.3) is 0 Å². The molecular weight excluding hydrogens is 526 g/mol. The number of amides is 2.